The predicted molar refractivity (Wildman–Crippen MR) is 113 cm³/mol. The van der Waals surface area contributed by atoms with Gasteiger partial charge < -0.3 is 9.30 Å². The highest BCUT2D eigenvalue weighted by molar-refractivity contribution is 5.98. The molecule has 0 bridgehead atoms. The van der Waals surface area contributed by atoms with Crippen molar-refractivity contribution < 1.29 is 9.53 Å². The van der Waals surface area contributed by atoms with Gasteiger partial charge in [0.2, 0.25) is 5.78 Å². The molecule has 2 aromatic heterocycles. The summed E-state index contributed by atoms with van der Waals surface area (Å²) < 4.78 is 9.50. The van der Waals surface area contributed by atoms with E-state index in [0.717, 1.165) is 17.1 Å². The molecule has 0 N–H and O–H groups in total. The molecule has 152 valence electrons. The van der Waals surface area contributed by atoms with Crippen LogP contribution in [0, 0.1) is 13.8 Å². The molecular formula is C23H23N5O2. The summed E-state index contributed by atoms with van der Waals surface area (Å²) in [6, 6.07) is 19.7. The lowest BCUT2D eigenvalue weighted by Gasteiger charge is -2.19. The molecule has 0 amide bonds. The van der Waals surface area contributed by atoms with E-state index in [0.29, 0.717) is 11.3 Å². The van der Waals surface area contributed by atoms with Crippen molar-refractivity contribution in [3.05, 3.63) is 89.5 Å². The van der Waals surface area contributed by atoms with Gasteiger partial charge in [-0.05, 0) is 55.0 Å². The van der Waals surface area contributed by atoms with Crippen molar-refractivity contribution in [2.75, 3.05) is 6.61 Å². The number of aromatic nitrogens is 5. The van der Waals surface area contributed by atoms with E-state index in [2.05, 4.69) is 39.1 Å². The molecule has 2 aromatic carbocycles. The summed E-state index contributed by atoms with van der Waals surface area (Å²) >= 11 is 0. The summed E-state index contributed by atoms with van der Waals surface area (Å²) in [4.78, 5) is 12.9. The molecule has 0 radical (unpaired) electrons. The van der Waals surface area contributed by atoms with Crippen LogP contribution in [-0.2, 0) is 0 Å². The molecule has 0 aliphatic carbocycles. The Morgan fingerprint density at radius 2 is 1.87 bits per heavy atom. The van der Waals surface area contributed by atoms with E-state index in [1.165, 1.54) is 16.6 Å². The van der Waals surface area contributed by atoms with Gasteiger partial charge in [0.25, 0.3) is 0 Å². The zero-order valence-corrected chi connectivity index (χ0v) is 17.2. The number of tetrazole rings is 1. The fourth-order valence-electron chi connectivity index (χ4n) is 3.76. The first-order valence-electron chi connectivity index (χ1n) is 9.77. The first-order chi connectivity index (χ1) is 14.5. The Kier molecular flexibility index (Phi) is 5.43. The van der Waals surface area contributed by atoms with E-state index in [1.807, 2.05) is 56.3 Å². The Balaban J connectivity index is 1.50. The number of ketones is 1. The maximum atomic E-state index is 12.9. The molecule has 4 aromatic rings. The van der Waals surface area contributed by atoms with Crippen LogP contribution in [-0.4, -0.2) is 37.2 Å². The quantitative estimate of drug-likeness (QED) is 0.438. The molecule has 0 unspecified atom stereocenters. The van der Waals surface area contributed by atoms with Crippen LogP contribution in [0.1, 0.15) is 40.3 Å². The van der Waals surface area contributed by atoms with Crippen molar-refractivity contribution in [3.8, 4) is 11.4 Å². The van der Waals surface area contributed by atoms with Gasteiger partial charge in [-0.1, -0.05) is 36.4 Å². The van der Waals surface area contributed by atoms with E-state index >= 15 is 0 Å². The number of aryl methyl sites for hydroxylation is 1. The molecule has 7 nitrogen and oxygen atoms in total. The second kappa shape index (κ2) is 8.32. The summed E-state index contributed by atoms with van der Waals surface area (Å²) in [6.07, 6.45) is 1.51. The second-order valence-corrected chi connectivity index (χ2v) is 7.21. The fourth-order valence-corrected chi connectivity index (χ4v) is 3.76. The highest BCUT2D eigenvalue weighted by Gasteiger charge is 2.20. The molecule has 1 atom stereocenters. The highest BCUT2D eigenvalue weighted by atomic mass is 16.5. The van der Waals surface area contributed by atoms with E-state index in [4.69, 9.17) is 4.74 Å². The smallest absolute Gasteiger partial charge is 0.202 e. The highest BCUT2D eigenvalue weighted by Crippen LogP contribution is 2.26. The summed E-state index contributed by atoms with van der Waals surface area (Å²) in [5.74, 6) is 0.533. The molecule has 0 aliphatic rings. The van der Waals surface area contributed by atoms with Gasteiger partial charge in [-0.3, -0.25) is 4.79 Å². The minimum Gasteiger partial charge on any atom is -0.485 e. The zero-order valence-electron chi connectivity index (χ0n) is 17.2. The van der Waals surface area contributed by atoms with E-state index in [1.54, 1.807) is 6.07 Å². The summed E-state index contributed by atoms with van der Waals surface area (Å²) in [5, 5.41) is 11.1. The fraction of sp³-hybridized carbons (Fsp3) is 0.217. The first kappa shape index (κ1) is 19.6. The number of benzene rings is 2. The van der Waals surface area contributed by atoms with E-state index < -0.39 is 0 Å². The normalized spacial score (nSPS) is 12.0. The Morgan fingerprint density at radius 3 is 2.60 bits per heavy atom. The average Bonchev–Trinajstić information content (AvgIpc) is 3.41. The molecule has 0 saturated carbocycles. The van der Waals surface area contributed by atoms with Crippen LogP contribution in [0.15, 0.2) is 67.0 Å². The average molecular weight is 401 g/mol. The number of nitrogens with zero attached hydrogens (tertiary/aromatic N) is 5. The van der Waals surface area contributed by atoms with Crippen LogP contribution in [0.4, 0.5) is 0 Å². The summed E-state index contributed by atoms with van der Waals surface area (Å²) in [5.41, 5.74) is 4.65. The second-order valence-electron chi connectivity index (χ2n) is 7.21. The zero-order chi connectivity index (χ0) is 21.1. The topological polar surface area (TPSA) is 74.8 Å². The summed E-state index contributed by atoms with van der Waals surface area (Å²) in [6.45, 7) is 6.12. The molecule has 7 heteroatoms. The third-order valence-electron chi connectivity index (χ3n) is 5.26. The van der Waals surface area contributed by atoms with Gasteiger partial charge in [0.1, 0.15) is 12.1 Å². The Bertz CT molecular complexity index is 1150. The van der Waals surface area contributed by atoms with Gasteiger partial charge in [0.15, 0.2) is 6.61 Å². The minimum absolute atomic E-state index is 0.0386. The Hall–Kier alpha value is -3.74. The van der Waals surface area contributed by atoms with Crippen molar-refractivity contribution in [1.29, 1.82) is 0 Å². The van der Waals surface area contributed by atoms with Crippen LogP contribution in [0.2, 0.25) is 0 Å². The van der Waals surface area contributed by atoms with Crippen LogP contribution >= 0.6 is 0 Å². The van der Waals surface area contributed by atoms with Gasteiger partial charge in [-0.15, -0.1) is 5.10 Å². The van der Waals surface area contributed by atoms with Crippen molar-refractivity contribution >= 4 is 5.78 Å². The number of ether oxygens (including phenoxy) is 1. The minimum atomic E-state index is -0.0533. The standard InChI is InChI=1S/C23H23N5O2/c1-16-12-22(18(3)28(16)17(2)19-8-5-4-6-9-19)23(29)14-30-21-11-7-10-20(13-21)27-15-24-25-26-27/h4-13,15,17H,14H2,1-3H3/t17-/m0/s1. The molecule has 2 heterocycles. The molecule has 30 heavy (non-hydrogen) atoms. The SMILES string of the molecule is Cc1cc(C(=O)COc2cccc(-n3cnnn3)c2)c(C)n1[C@@H](C)c1ccccc1. The summed E-state index contributed by atoms with van der Waals surface area (Å²) in [7, 11) is 0. The lowest BCUT2D eigenvalue weighted by atomic mass is 10.1. The largest absolute Gasteiger partial charge is 0.485 e. The molecular weight excluding hydrogens is 378 g/mol. The number of Topliss-reactive ketones (excluding diaryl/α,β-unsaturated/α-hetero) is 1. The Labute approximate surface area is 174 Å². The van der Waals surface area contributed by atoms with Crippen molar-refractivity contribution in [2.24, 2.45) is 0 Å². The van der Waals surface area contributed by atoms with Crippen molar-refractivity contribution in [2.45, 2.75) is 26.8 Å². The first-order valence-corrected chi connectivity index (χ1v) is 9.77. The van der Waals surface area contributed by atoms with Gasteiger partial charge >= 0.3 is 0 Å². The van der Waals surface area contributed by atoms with Gasteiger partial charge in [0, 0.05) is 23.0 Å². The maximum Gasteiger partial charge on any atom is 0.202 e. The van der Waals surface area contributed by atoms with Gasteiger partial charge in [-0.2, -0.15) is 0 Å². The third kappa shape index (κ3) is 3.87. The van der Waals surface area contributed by atoms with Crippen molar-refractivity contribution in [3.63, 3.8) is 0 Å². The Morgan fingerprint density at radius 1 is 1.07 bits per heavy atom. The maximum absolute atomic E-state index is 12.9. The number of carbonyl (C=O) groups excluding carboxylic acids is 1. The van der Waals surface area contributed by atoms with E-state index in [9.17, 15) is 4.79 Å². The number of carbonyl (C=O) groups is 1. The lowest BCUT2D eigenvalue weighted by molar-refractivity contribution is 0.0920. The van der Waals surface area contributed by atoms with Gasteiger partial charge in [-0.25, -0.2) is 4.68 Å². The van der Waals surface area contributed by atoms with Crippen LogP contribution in [0.5, 0.6) is 5.75 Å². The molecule has 0 saturated heterocycles. The molecule has 4 rings (SSSR count). The number of rotatable bonds is 7. The van der Waals surface area contributed by atoms with Gasteiger partial charge in [0.05, 0.1) is 11.7 Å². The monoisotopic (exact) mass is 401 g/mol. The molecule has 0 aliphatic heterocycles. The number of hydrogen-bond donors (Lipinski definition) is 0. The lowest BCUT2D eigenvalue weighted by Crippen LogP contribution is -2.14. The molecule has 0 spiro atoms. The third-order valence-corrected chi connectivity index (χ3v) is 5.26. The van der Waals surface area contributed by atoms with Crippen LogP contribution in [0.25, 0.3) is 5.69 Å². The van der Waals surface area contributed by atoms with Crippen molar-refractivity contribution in [1.82, 2.24) is 24.8 Å². The van der Waals surface area contributed by atoms with Crippen LogP contribution in [0.3, 0.4) is 0 Å². The number of hydrogen-bond acceptors (Lipinski definition) is 5. The van der Waals surface area contributed by atoms with E-state index in [-0.39, 0.29) is 18.4 Å². The molecule has 0 fully saturated rings. The predicted octanol–water partition coefficient (Wildman–Crippen LogP) is 3.95. The van der Waals surface area contributed by atoms with Crippen LogP contribution < -0.4 is 4.74 Å².